The first-order valence-corrected chi connectivity index (χ1v) is 16.9. The first-order chi connectivity index (χ1) is 23.8. The number of nitrogens with zero attached hydrogens (tertiary/aromatic N) is 5. The SMILES string of the molecule is COc1nc(-c2cccc(-c3cccc(-c4cnc(CN5CC[C@@H](CO)[C@@H](O)C5)c(OC)n4)c3Cl)c2Cl)cnc1CNC[C@@H]1CCC(=O)N1. The Labute approximate surface area is 294 Å². The number of benzene rings is 2. The molecule has 0 spiro atoms. The zero-order valence-corrected chi connectivity index (χ0v) is 28.8. The standard InChI is InChI=1S/C35H39Cl2N7O5/c1-48-34-28(14-38-13-21-9-10-31(47)41-21)39-15-26(42-34)24-7-3-5-22(32(24)36)23-6-4-8-25(33(23)37)27-16-40-29(35(43-27)49-2)17-44-12-11-20(19-45)30(46)18-44/h3-8,15-16,20-21,30,38,45-46H,9-14,17-19H2,1-2H3,(H,41,47)/t20-,21-,30-/m0/s1. The molecule has 14 heteroatoms. The lowest BCUT2D eigenvalue weighted by Crippen LogP contribution is -2.44. The second-order valence-electron chi connectivity index (χ2n) is 12.2. The molecular weight excluding hydrogens is 669 g/mol. The molecule has 0 bridgehead atoms. The number of hydrogen-bond donors (Lipinski definition) is 4. The fourth-order valence-electron chi connectivity index (χ4n) is 6.30. The molecule has 4 aromatic rings. The number of ether oxygens (including phenoxy) is 2. The highest BCUT2D eigenvalue weighted by molar-refractivity contribution is 6.39. The lowest BCUT2D eigenvalue weighted by Gasteiger charge is -2.34. The first kappa shape index (κ1) is 34.9. The van der Waals surface area contributed by atoms with Crippen molar-refractivity contribution in [2.75, 3.05) is 40.5 Å². The lowest BCUT2D eigenvalue weighted by atomic mass is 9.95. The second-order valence-corrected chi connectivity index (χ2v) is 13.0. The number of hydrogen-bond acceptors (Lipinski definition) is 11. The maximum Gasteiger partial charge on any atom is 0.237 e. The zero-order chi connectivity index (χ0) is 34.5. The van der Waals surface area contributed by atoms with Gasteiger partial charge in [0.25, 0.3) is 0 Å². The first-order valence-electron chi connectivity index (χ1n) is 16.2. The Bertz CT molecular complexity index is 1810. The molecule has 6 rings (SSSR count). The van der Waals surface area contributed by atoms with Gasteiger partial charge < -0.3 is 30.3 Å². The van der Waals surface area contributed by atoms with Crippen molar-refractivity contribution in [3.05, 3.63) is 70.2 Å². The minimum atomic E-state index is -0.599. The van der Waals surface area contributed by atoms with Crippen LogP contribution in [0.4, 0.5) is 0 Å². The van der Waals surface area contributed by atoms with Crippen molar-refractivity contribution in [2.45, 2.75) is 44.5 Å². The number of carbonyl (C=O) groups excluding carboxylic acids is 1. The summed E-state index contributed by atoms with van der Waals surface area (Å²) < 4.78 is 11.2. The van der Waals surface area contributed by atoms with Crippen LogP contribution >= 0.6 is 23.2 Å². The third-order valence-corrected chi connectivity index (χ3v) is 9.85. The van der Waals surface area contributed by atoms with E-state index < -0.39 is 6.10 Å². The van der Waals surface area contributed by atoms with Crippen LogP contribution in [-0.2, 0) is 17.9 Å². The molecular formula is C35H39Cl2N7O5. The molecule has 2 fully saturated rings. The Kier molecular flexibility index (Phi) is 11.2. The molecule has 1 amide bonds. The number of methoxy groups -OCH3 is 2. The monoisotopic (exact) mass is 707 g/mol. The summed E-state index contributed by atoms with van der Waals surface area (Å²) in [6, 6.07) is 11.4. The molecule has 4 heterocycles. The van der Waals surface area contributed by atoms with E-state index in [4.69, 9.17) is 42.6 Å². The minimum absolute atomic E-state index is 0.0269. The Morgan fingerprint density at radius 2 is 1.51 bits per heavy atom. The predicted molar refractivity (Wildman–Crippen MR) is 186 cm³/mol. The average molecular weight is 709 g/mol. The van der Waals surface area contributed by atoms with Gasteiger partial charge in [0.15, 0.2) is 0 Å². The molecule has 0 unspecified atom stereocenters. The van der Waals surface area contributed by atoms with Crippen LogP contribution in [0.5, 0.6) is 11.8 Å². The fraction of sp³-hybridized carbons (Fsp3) is 0.400. The van der Waals surface area contributed by atoms with Gasteiger partial charge in [0.2, 0.25) is 17.7 Å². The summed E-state index contributed by atoms with van der Waals surface area (Å²) in [4.78, 5) is 32.3. The van der Waals surface area contributed by atoms with Gasteiger partial charge in [-0.1, -0.05) is 59.6 Å². The molecule has 4 N–H and O–H groups in total. The summed E-state index contributed by atoms with van der Waals surface area (Å²) in [5.41, 5.74) is 5.10. The molecule has 2 aromatic heterocycles. The maximum atomic E-state index is 11.5. The molecule has 2 saturated heterocycles. The largest absolute Gasteiger partial charge is 0.480 e. The molecule has 12 nitrogen and oxygen atoms in total. The number of piperidine rings is 1. The molecule has 2 aliphatic heterocycles. The van der Waals surface area contributed by atoms with Crippen LogP contribution in [0.15, 0.2) is 48.8 Å². The highest BCUT2D eigenvalue weighted by atomic mass is 35.5. The van der Waals surface area contributed by atoms with E-state index in [1.807, 2.05) is 36.4 Å². The third kappa shape index (κ3) is 7.80. The average Bonchev–Trinajstić information content (AvgIpc) is 3.53. The van der Waals surface area contributed by atoms with Crippen LogP contribution in [0, 0.1) is 5.92 Å². The highest BCUT2D eigenvalue weighted by Crippen LogP contribution is 2.42. The van der Waals surface area contributed by atoms with Gasteiger partial charge >= 0.3 is 0 Å². The van der Waals surface area contributed by atoms with Crippen LogP contribution in [0.2, 0.25) is 10.0 Å². The summed E-state index contributed by atoms with van der Waals surface area (Å²) in [5.74, 6) is 0.713. The van der Waals surface area contributed by atoms with E-state index in [0.29, 0.717) is 106 Å². The van der Waals surface area contributed by atoms with Gasteiger partial charge in [-0.2, -0.15) is 0 Å². The molecule has 2 aromatic carbocycles. The van der Waals surface area contributed by atoms with Gasteiger partial charge in [-0.25, -0.2) is 9.97 Å². The van der Waals surface area contributed by atoms with Gasteiger partial charge in [-0.15, -0.1) is 0 Å². The number of rotatable bonds is 12. The van der Waals surface area contributed by atoms with Gasteiger partial charge in [-0.3, -0.25) is 19.7 Å². The Morgan fingerprint density at radius 1 is 0.918 bits per heavy atom. The van der Waals surface area contributed by atoms with Crippen LogP contribution < -0.4 is 20.1 Å². The Morgan fingerprint density at radius 3 is 2.06 bits per heavy atom. The molecule has 3 atom stereocenters. The van der Waals surface area contributed by atoms with Crippen molar-refractivity contribution in [1.82, 2.24) is 35.5 Å². The van der Waals surface area contributed by atoms with Crippen LogP contribution in [0.25, 0.3) is 33.6 Å². The number of nitrogens with one attached hydrogen (secondary N) is 2. The normalized spacial score (nSPS) is 19.6. The Balaban J connectivity index is 1.22. The van der Waals surface area contributed by atoms with E-state index in [1.54, 1.807) is 26.6 Å². The highest BCUT2D eigenvalue weighted by Gasteiger charge is 2.28. The van der Waals surface area contributed by atoms with Crippen molar-refractivity contribution < 1.29 is 24.5 Å². The van der Waals surface area contributed by atoms with E-state index >= 15 is 0 Å². The molecule has 258 valence electrons. The zero-order valence-electron chi connectivity index (χ0n) is 27.3. The summed E-state index contributed by atoms with van der Waals surface area (Å²) in [5, 5.41) is 27.0. The number of carbonyl (C=O) groups is 1. The van der Waals surface area contributed by atoms with Gasteiger partial charge in [0.1, 0.15) is 11.4 Å². The number of amides is 1. The molecule has 0 radical (unpaired) electrons. The smallest absolute Gasteiger partial charge is 0.237 e. The number of halogens is 2. The van der Waals surface area contributed by atoms with Crippen molar-refractivity contribution in [2.24, 2.45) is 5.92 Å². The molecule has 0 aliphatic carbocycles. The van der Waals surface area contributed by atoms with E-state index in [9.17, 15) is 15.0 Å². The van der Waals surface area contributed by atoms with Crippen molar-refractivity contribution in [3.8, 4) is 45.4 Å². The van der Waals surface area contributed by atoms with E-state index in [1.165, 1.54) is 0 Å². The lowest BCUT2D eigenvalue weighted by molar-refractivity contribution is -0.119. The number of aromatic nitrogens is 4. The Hall–Kier alpha value is -3.91. The van der Waals surface area contributed by atoms with Gasteiger partial charge in [-0.05, 0) is 19.4 Å². The summed E-state index contributed by atoms with van der Waals surface area (Å²) in [6.45, 7) is 2.65. The van der Waals surface area contributed by atoms with E-state index in [-0.39, 0.29) is 24.5 Å². The van der Waals surface area contributed by atoms with Crippen molar-refractivity contribution >= 4 is 29.1 Å². The van der Waals surface area contributed by atoms with Crippen LogP contribution in [-0.4, -0.2) is 93.6 Å². The molecule has 49 heavy (non-hydrogen) atoms. The van der Waals surface area contributed by atoms with E-state index in [0.717, 1.165) is 13.0 Å². The van der Waals surface area contributed by atoms with Crippen molar-refractivity contribution in [1.29, 1.82) is 0 Å². The number of β-amino-alcohol motifs (C(OH)–C–C–N with tert-alkyl or cyclic N) is 1. The summed E-state index contributed by atoms with van der Waals surface area (Å²) >= 11 is 14.1. The summed E-state index contributed by atoms with van der Waals surface area (Å²) in [7, 11) is 3.10. The second kappa shape index (κ2) is 15.8. The van der Waals surface area contributed by atoms with Crippen LogP contribution in [0.3, 0.4) is 0 Å². The number of aliphatic hydroxyl groups is 2. The topological polar surface area (TPSA) is 155 Å². The third-order valence-electron chi connectivity index (χ3n) is 9.03. The van der Waals surface area contributed by atoms with Crippen molar-refractivity contribution in [3.63, 3.8) is 0 Å². The summed E-state index contributed by atoms with van der Waals surface area (Å²) in [6.07, 6.45) is 4.79. The van der Waals surface area contributed by atoms with Crippen LogP contribution in [0.1, 0.15) is 30.7 Å². The van der Waals surface area contributed by atoms with Gasteiger partial charge in [0.05, 0.1) is 54.2 Å². The van der Waals surface area contributed by atoms with Gasteiger partial charge in [0, 0.05) is 73.4 Å². The number of likely N-dealkylation sites (tertiary alicyclic amines) is 1. The number of aliphatic hydroxyl groups excluding tert-OH is 2. The maximum absolute atomic E-state index is 11.5. The quantitative estimate of drug-likeness (QED) is 0.168. The molecule has 2 aliphatic rings. The predicted octanol–water partition coefficient (Wildman–Crippen LogP) is 4.13. The molecule has 0 saturated carbocycles. The fourth-order valence-corrected chi connectivity index (χ4v) is 6.94. The minimum Gasteiger partial charge on any atom is -0.480 e. The van der Waals surface area contributed by atoms with E-state index in [2.05, 4.69) is 25.5 Å².